The van der Waals surface area contributed by atoms with Gasteiger partial charge in [0, 0.05) is 12.1 Å². The van der Waals surface area contributed by atoms with Gasteiger partial charge in [-0.25, -0.2) is 0 Å². The summed E-state index contributed by atoms with van der Waals surface area (Å²) >= 11 is 0. The van der Waals surface area contributed by atoms with E-state index in [9.17, 15) is 0 Å². The molecule has 0 aliphatic heterocycles. The lowest BCUT2D eigenvalue weighted by Crippen LogP contribution is -2.44. The Morgan fingerprint density at radius 2 is 1.31 bits per heavy atom. The van der Waals surface area contributed by atoms with Gasteiger partial charge in [0.05, 0.1) is 0 Å². The second-order valence-corrected chi connectivity index (χ2v) is 6.55. The monoisotopic (exact) mass is 221 g/mol. The molecule has 0 aromatic rings. The minimum absolute atomic E-state index is 0.799. The third kappa shape index (κ3) is 2.61. The van der Waals surface area contributed by atoms with Crippen molar-refractivity contribution in [3.05, 3.63) is 0 Å². The van der Waals surface area contributed by atoms with Crippen LogP contribution in [0.2, 0.25) is 0 Å². The van der Waals surface area contributed by atoms with Crippen LogP contribution in [0.15, 0.2) is 0 Å². The highest BCUT2D eigenvalue weighted by molar-refractivity contribution is 4.95. The molecule has 2 unspecified atom stereocenters. The molecule has 0 heterocycles. The molecular weight excluding hydrogens is 194 g/mol. The van der Waals surface area contributed by atoms with Crippen molar-refractivity contribution < 1.29 is 0 Å². The van der Waals surface area contributed by atoms with Gasteiger partial charge in [-0.15, -0.1) is 0 Å². The van der Waals surface area contributed by atoms with Crippen molar-refractivity contribution >= 4 is 0 Å². The Kier molecular flexibility index (Phi) is 3.24. The van der Waals surface area contributed by atoms with Crippen molar-refractivity contribution in [2.24, 2.45) is 17.8 Å². The molecule has 0 aromatic heterocycles. The molecule has 1 nitrogen and oxygen atoms in total. The molecule has 3 aliphatic carbocycles. The molecule has 0 aromatic carbocycles. The predicted molar refractivity (Wildman–Crippen MR) is 68.4 cm³/mol. The van der Waals surface area contributed by atoms with Crippen LogP contribution in [0.4, 0.5) is 0 Å². The zero-order valence-electron chi connectivity index (χ0n) is 10.8. The van der Waals surface area contributed by atoms with Crippen LogP contribution in [0.1, 0.15) is 64.7 Å². The molecule has 3 rings (SSSR count). The average Bonchev–Trinajstić information content (AvgIpc) is 3.19. The quantitative estimate of drug-likeness (QED) is 0.746. The van der Waals surface area contributed by atoms with Crippen LogP contribution < -0.4 is 5.32 Å². The van der Waals surface area contributed by atoms with Gasteiger partial charge in [0.2, 0.25) is 0 Å². The average molecular weight is 221 g/mol. The maximum Gasteiger partial charge on any atom is 0.0126 e. The van der Waals surface area contributed by atoms with Gasteiger partial charge in [0.15, 0.2) is 0 Å². The molecule has 0 radical (unpaired) electrons. The zero-order valence-corrected chi connectivity index (χ0v) is 10.8. The van der Waals surface area contributed by atoms with E-state index in [1.807, 2.05) is 0 Å². The van der Waals surface area contributed by atoms with Gasteiger partial charge >= 0.3 is 0 Å². The first-order valence-electron chi connectivity index (χ1n) is 7.60. The fourth-order valence-corrected chi connectivity index (χ4v) is 3.64. The first-order valence-corrected chi connectivity index (χ1v) is 7.60. The SMILES string of the molecule is CC(NC(C1CCCCC1)C1CC1)C1CC1. The number of nitrogens with one attached hydrogen (secondary N) is 1. The summed E-state index contributed by atoms with van der Waals surface area (Å²) in [5.41, 5.74) is 0. The molecule has 1 heteroatoms. The standard InChI is InChI=1S/C15H27N/c1-11(12-7-8-12)16-15(14-9-10-14)13-5-3-2-4-6-13/h11-16H,2-10H2,1H3. The first-order chi connectivity index (χ1) is 7.84. The molecule has 3 saturated carbocycles. The molecule has 3 aliphatic rings. The van der Waals surface area contributed by atoms with E-state index in [0.29, 0.717) is 0 Å². The molecule has 0 saturated heterocycles. The van der Waals surface area contributed by atoms with E-state index < -0.39 is 0 Å². The Morgan fingerprint density at radius 1 is 0.750 bits per heavy atom. The highest BCUT2D eigenvalue weighted by Crippen LogP contribution is 2.42. The van der Waals surface area contributed by atoms with Crippen LogP contribution >= 0.6 is 0 Å². The van der Waals surface area contributed by atoms with E-state index in [1.54, 1.807) is 0 Å². The van der Waals surface area contributed by atoms with Crippen molar-refractivity contribution in [2.45, 2.75) is 76.8 Å². The maximum absolute atomic E-state index is 4.01. The second kappa shape index (κ2) is 4.68. The molecule has 16 heavy (non-hydrogen) atoms. The molecular formula is C15H27N. The summed E-state index contributed by atoms with van der Waals surface area (Å²) in [6.07, 6.45) is 13.5. The minimum atomic E-state index is 0.799. The van der Waals surface area contributed by atoms with Crippen LogP contribution in [0.25, 0.3) is 0 Å². The van der Waals surface area contributed by atoms with Crippen molar-refractivity contribution in [1.82, 2.24) is 5.32 Å². The van der Waals surface area contributed by atoms with Crippen LogP contribution in [0.5, 0.6) is 0 Å². The summed E-state index contributed by atoms with van der Waals surface area (Å²) in [6.45, 7) is 2.43. The fraction of sp³-hybridized carbons (Fsp3) is 1.00. The van der Waals surface area contributed by atoms with Crippen LogP contribution in [0.3, 0.4) is 0 Å². The summed E-state index contributed by atoms with van der Waals surface area (Å²) in [7, 11) is 0. The lowest BCUT2D eigenvalue weighted by atomic mass is 9.81. The Morgan fingerprint density at radius 3 is 1.88 bits per heavy atom. The molecule has 0 bridgehead atoms. The normalized spacial score (nSPS) is 31.3. The summed E-state index contributed by atoms with van der Waals surface area (Å²) in [6, 6.07) is 1.68. The largest absolute Gasteiger partial charge is 0.311 e. The van der Waals surface area contributed by atoms with Gasteiger partial charge in [0.1, 0.15) is 0 Å². The Labute approximate surface area is 100 Å². The Hall–Kier alpha value is -0.0400. The van der Waals surface area contributed by atoms with Gasteiger partial charge in [0.25, 0.3) is 0 Å². The van der Waals surface area contributed by atoms with Crippen molar-refractivity contribution in [3.63, 3.8) is 0 Å². The van der Waals surface area contributed by atoms with Gasteiger partial charge in [-0.3, -0.25) is 0 Å². The van der Waals surface area contributed by atoms with E-state index in [2.05, 4.69) is 12.2 Å². The van der Waals surface area contributed by atoms with Gasteiger partial charge < -0.3 is 5.32 Å². The first kappa shape index (κ1) is 11.1. The van der Waals surface area contributed by atoms with Crippen molar-refractivity contribution in [1.29, 1.82) is 0 Å². The highest BCUT2D eigenvalue weighted by Gasteiger charge is 2.39. The second-order valence-electron chi connectivity index (χ2n) is 6.55. The van der Waals surface area contributed by atoms with Gasteiger partial charge in [-0.2, -0.15) is 0 Å². The van der Waals surface area contributed by atoms with E-state index in [1.165, 1.54) is 57.8 Å². The lowest BCUT2D eigenvalue weighted by molar-refractivity contribution is 0.227. The highest BCUT2D eigenvalue weighted by atomic mass is 15.0. The molecule has 2 atom stereocenters. The van der Waals surface area contributed by atoms with Crippen LogP contribution in [0, 0.1) is 17.8 Å². The summed E-state index contributed by atoms with van der Waals surface area (Å²) in [5.74, 6) is 3.08. The van der Waals surface area contributed by atoms with E-state index in [0.717, 1.165) is 29.8 Å². The van der Waals surface area contributed by atoms with Crippen molar-refractivity contribution in [2.75, 3.05) is 0 Å². The lowest BCUT2D eigenvalue weighted by Gasteiger charge is -2.33. The van der Waals surface area contributed by atoms with Gasteiger partial charge in [-0.05, 0) is 63.2 Å². The molecule has 0 amide bonds. The number of hydrogen-bond donors (Lipinski definition) is 1. The molecule has 92 valence electrons. The molecule has 3 fully saturated rings. The van der Waals surface area contributed by atoms with E-state index in [-0.39, 0.29) is 0 Å². The third-order valence-electron chi connectivity index (χ3n) is 5.07. The van der Waals surface area contributed by atoms with Crippen molar-refractivity contribution in [3.8, 4) is 0 Å². The molecule has 0 spiro atoms. The third-order valence-corrected chi connectivity index (χ3v) is 5.07. The summed E-state index contributed by atoms with van der Waals surface area (Å²) in [5, 5.41) is 4.01. The molecule has 1 N–H and O–H groups in total. The zero-order chi connectivity index (χ0) is 11.0. The van der Waals surface area contributed by atoms with E-state index in [4.69, 9.17) is 0 Å². The van der Waals surface area contributed by atoms with Crippen LogP contribution in [-0.2, 0) is 0 Å². The maximum atomic E-state index is 4.01. The predicted octanol–water partition coefficient (Wildman–Crippen LogP) is 3.73. The Balaban J connectivity index is 1.56. The van der Waals surface area contributed by atoms with Gasteiger partial charge in [-0.1, -0.05) is 19.3 Å². The Bertz CT molecular complexity index is 224. The van der Waals surface area contributed by atoms with E-state index >= 15 is 0 Å². The topological polar surface area (TPSA) is 12.0 Å². The minimum Gasteiger partial charge on any atom is -0.311 e. The smallest absolute Gasteiger partial charge is 0.0126 e. The number of hydrogen-bond acceptors (Lipinski definition) is 1. The number of rotatable bonds is 5. The summed E-state index contributed by atoms with van der Waals surface area (Å²) < 4.78 is 0. The summed E-state index contributed by atoms with van der Waals surface area (Å²) in [4.78, 5) is 0. The van der Waals surface area contributed by atoms with Crippen LogP contribution in [-0.4, -0.2) is 12.1 Å². The fourth-order valence-electron chi connectivity index (χ4n) is 3.64.